The second-order valence-electron chi connectivity index (χ2n) is 3.68. The predicted molar refractivity (Wildman–Crippen MR) is 60.1 cm³/mol. The summed E-state index contributed by atoms with van der Waals surface area (Å²) in [6.45, 7) is 0. The maximum atomic E-state index is 11.6. The van der Waals surface area contributed by atoms with Gasteiger partial charge in [0.1, 0.15) is 0 Å². The van der Waals surface area contributed by atoms with Gasteiger partial charge in [-0.1, -0.05) is 0 Å². The molecule has 2 rings (SSSR count). The van der Waals surface area contributed by atoms with Crippen LogP contribution in [0.2, 0.25) is 0 Å². The summed E-state index contributed by atoms with van der Waals surface area (Å²) in [5.41, 5.74) is 2.18. The molecule has 2 N–H and O–H groups in total. The number of carbonyl (C=O) groups is 3. The standard InChI is InChI=1S/C10H7N3O6/c14-8-7(10(16)17)11-12(9(8)15)5-1-3-6(4-2-5)13(18)19/h1-4,7,11H,(H,16,17). The van der Waals surface area contributed by atoms with Crippen LogP contribution in [0, 0.1) is 10.1 Å². The molecule has 9 nitrogen and oxygen atoms in total. The van der Waals surface area contributed by atoms with Crippen LogP contribution in [0.1, 0.15) is 0 Å². The predicted octanol–water partition coefficient (Wildman–Crippen LogP) is -0.532. The molecule has 1 saturated heterocycles. The molecule has 1 aliphatic rings. The zero-order valence-corrected chi connectivity index (χ0v) is 9.27. The Morgan fingerprint density at radius 3 is 2.32 bits per heavy atom. The van der Waals surface area contributed by atoms with Crippen molar-refractivity contribution in [2.24, 2.45) is 0 Å². The summed E-state index contributed by atoms with van der Waals surface area (Å²) in [5, 5.41) is 20.0. The van der Waals surface area contributed by atoms with Gasteiger partial charge in [0.05, 0.1) is 10.6 Å². The summed E-state index contributed by atoms with van der Waals surface area (Å²) in [4.78, 5) is 43.5. The number of amides is 1. The van der Waals surface area contributed by atoms with E-state index in [1.54, 1.807) is 0 Å². The van der Waals surface area contributed by atoms with E-state index in [4.69, 9.17) is 5.11 Å². The van der Waals surface area contributed by atoms with E-state index in [0.29, 0.717) is 0 Å². The number of benzene rings is 1. The normalized spacial score (nSPS) is 18.7. The Hall–Kier alpha value is -2.81. The van der Waals surface area contributed by atoms with E-state index >= 15 is 0 Å². The number of ketones is 1. The van der Waals surface area contributed by atoms with Gasteiger partial charge >= 0.3 is 11.9 Å². The smallest absolute Gasteiger partial charge is 0.330 e. The number of nitrogens with one attached hydrogen (secondary N) is 1. The lowest BCUT2D eigenvalue weighted by molar-refractivity contribution is -0.384. The largest absolute Gasteiger partial charge is 0.480 e. The number of nitro benzene ring substituents is 1. The van der Waals surface area contributed by atoms with Crippen LogP contribution in [0.4, 0.5) is 11.4 Å². The molecule has 98 valence electrons. The Morgan fingerprint density at radius 1 is 1.32 bits per heavy atom. The van der Waals surface area contributed by atoms with Gasteiger partial charge in [0.2, 0.25) is 0 Å². The molecule has 1 unspecified atom stereocenters. The molecule has 0 spiro atoms. The molecule has 1 aliphatic heterocycles. The molecule has 9 heteroatoms. The first-order chi connectivity index (χ1) is 8.91. The highest BCUT2D eigenvalue weighted by Crippen LogP contribution is 2.21. The molecule has 1 aromatic carbocycles. The molecule has 1 fully saturated rings. The van der Waals surface area contributed by atoms with Crippen LogP contribution in [0.15, 0.2) is 24.3 Å². The number of carboxylic acids is 1. The number of hydrogen-bond donors (Lipinski definition) is 2. The van der Waals surface area contributed by atoms with E-state index in [1.165, 1.54) is 12.1 Å². The molecule has 0 saturated carbocycles. The number of anilines is 1. The first-order valence-electron chi connectivity index (χ1n) is 5.03. The Morgan fingerprint density at radius 2 is 1.89 bits per heavy atom. The lowest BCUT2D eigenvalue weighted by Gasteiger charge is -2.15. The van der Waals surface area contributed by atoms with Gasteiger partial charge in [0.15, 0.2) is 6.04 Å². The van der Waals surface area contributed by atoms with Crippen molar-refractivity contribution in [2.75, 3.05) is 5.01 Å². The lowest BCUT2D eigenvalue weighted by atomic mass is 10.2. The molecule has 0 radical (unpaired) electrons. The first-order valence-corrected chi connectivity index (χ1v) is 5.03. The van der Waals surface area contributed by atoms with Crippen molar-refractivity contribution in [3.8, 4) is 0 Å². The third kappa shape index (κ3) is 2.13. The SMILES string of the molecule is O=C(O)C1NN(c2ccc([N+](=O)[O-])cc2)C(=O)C1=O. The summed E-state index contributed by atoms with van der Waals surface area (Å²) in [6.07, 6.45) is 0. The topological polar surface area (TPSA) is 130 Å². The van der Waals surface area contributed by atoms with Crippen LogP contribution in [-0.4, -0.2) is 33.7 Å². The fraction of sp³-hybridized carbons (Fsp3) is 0.100. The summed E-state index contributed by atoms with van der Waals surface area (Å²) in [7, 11) is 0. The van der Waals surface area contributed by atoms with Gasteiger partial charge in [-0.3, -0.25) is 19.7 Å². The van der Waals surface area contributed by atoms with Gasteiger partial charge in [0, 0.05) is 12.1 Å². The van der Waals surface area contributed by atoms with Crippen molar-refractivity contribution in [3.05, 3.63) is 34.4 Å². The number of hydrazine groups is 1. The highest BCUT2D eigenvalue weighted by molar-refractivity contribution is 6.48. The number of non-ortho nitro benzene ring substituents is 1. The van der Waals surface area contributed by atoms with Gasteiger partial charge in [-0.25, -0.2) is 15.2 Å². The highest BCUT2D eigenvalue weighted by Gasteiger charge is 2.43. The van der Waals surface area contributed by atoms with E-state index in [1.807, 2.05) is 0 Å². The van der Waals surface area contributed by atoms with E-state index in [-0.39, 0.29) is 11.4 Å². The second-order valence-corrected chi connectivity index (χ2v) is 3.68. The minimum absolute atomic E-state index is 0.146. The van der Waals surface area contributed by atoms with Crippen LogP contribution < -0.4 is 10.4 Å². The van der Waals surface area contributed by atoms with Crippen molar-refractivity contribution >= 4 is 29.0 Å². The summed E-state index contributed by atoms with van der Waals surface area (Å²) in [6, 6.07) is 3.12. The van der Waals surface area contributed by atoms with Crippen molar-refractivity contribution in [3.63, 3.8) is 0 Å². The average Bonchev–Trinajstić information content (AvgIpc) is 2.67. The zero-order valence-electron chi connectivity index (χ0n) is 9.27. The number of Topliss-reactive ketones (excluding diaryl/α,β-unsaturated/α-hetero) is 1. The fourth-order valence-corrected chi connectivity index (χ4v) is 1.56. The quantitative estimate of drug-likeness (QED) is 0.325. The lowest BCUT2D eigenvalue weighted by Crippen LogP contribution is -2.41. The van der Waals surface area contributed by atoms with Crippen molar-refractivity contribution in [2.45, 2.75) is 6.04 Å². The maximum Gasteiger partial charge on any atom is 0.330 e. The summed E-state index contributed by atoms with van der Waals surface area (Å²) < 4.78 is 0. The Kier molecular flexibility index (Phi) is 2.97. The number of aliphatic carboxylic acids is 1. The maximum absolute atomic E-state index is 11.6. The van der Waals surface area contributed by atoms with Crippen molar-refractivity contribution in [1.29, 1.82) is 0 Å². The number of rotatable bonds is 3. The number of hydrogen-bond acceptors (Lipinski definition) is 6. The minimum Gasteiger partial charge on any atom is -0.480 e. The highest BCUT2D eigenvalue weighted by atomic mass is 16.6. The van der Waals surface area contributed by atoms with Gasteiger partial charge in [-0.05, 0) is 12.1 Å². The van der Waals surface area contributed by atoms with Crippen LogP contribution in [0.5, 0.6) is 0 Å². The molecule has 1 heterocycles. The second kappa shape index (κ2) is 4.46. The molecule has 1 amide bonds. The van der Waals surface area contributed by atoms with E-state index in [9.17, 15) is 24.5 Å². The zero-order chi connectivity index (χ0) is 14.2. The number of nitrogens with zero attached hydrogens (tertiary/aromatic N) is 2. The minimum atomic E-state index is -1.64. The number of nitro groups is 1. The number of carbonyl (C=O) groups excluding carboxylic acids is 2. The molecular weight excluding hydrogens is 258 g/mol. The Labute approximate surface area is 105 Å². The van der Waals surface area contributed by atoms with Crippen molar-refractivity contribution in [1.82, 2.24) is 5.43 Å². The summed E-state index contributed by atoms with van der Waals surface area (Å²) >= 11 is 0. The third-order valence-corrected chi connectivity index (χ3v) is 2.50. The fourth-order valence-electron chi connectivity index (χ4n) is 1.56. The van der Waals surface area contributed by atoms with Crippen LogP contribution >= 0.6 is 0 Å². The molecule has 0 aliphatic carbocycles. The van der Waals surface area contributed by atoms with Crippen LogP contribution in [-0.2, 0) is 14.4 Å². The van der Waals surface area contributed by atoms with Crippen molar-refractivity contribution < 1.29 is 24.4 Å². The third-order valence-electron chi connectivity index (χ3n) is 2.50. The summed E-state index contributed by atoms with van der Waals surface area (Å²) in [5.74, 6) is -3.59. The number of carboxylic acid groups (broad SMARTS) is 1. The molecule has 19 heavy (non-hydrogen) atoms. The Bertz CT molecular complexity index is 581. The average molecular weight is 265 g/mol. The molecule has 0 bridgehead atoms. The van der Waals surface area contributed by atoms with Gasteiger partial charge in [-0.15, -0.1) is 0 Å². The van der Waals surface area contributed by atoms with Gasteiger partial charge < -0.3 is 5.11 Å². The van der Waals surface area contributed by atoms with E-state index in [0.717, 1.165) is 17.1 Å². The van der Waals surface area contributed by atoms with Crippen LogP contribution in [0.25, 0.3) is 0 Å². The molecule has 0 aromatic heterocycles. The molecule has 1 atom stereocenters. The van der Waals surface area contributed by atoms with Gasteiger partial charge in [0.25, 0.3) is 11.5 Å². The molecule has 1 aromatic rings. The first kappa shape index (κ1) is 12.6. The van der Waals surface area contributed by atoms with E-state index in [2.05, 4.69) is 5.43 Å². The van der Waals surface area contributed by atoms with E-state index < -0.39 is 28.6 Å². The monoisotopic (exact) mass is 265 g/mol. The van der Waals surface area contributed by atoms with Crippen LogP contribution in [0.3, 0.4) is 0 Å². The Balaban J connectivity index is 2.28. The molecular formula is C10H7N3O6. The van der Waals surface area contributed by atoms with Gasteiger partial charge in [-0.2, -0.15) is 0 Å².